The molecule has 12 nitrogen and oxygen atoms in total. The number of pyridine rings is 2. The fraction of sp³-hybridized carbons (Fsp3) is 0.312. The third-order valence-electron chi connectivity index (χ3n) is 11.1. The molecular formula is C48H49F3N6O6S2. The van der Waals surface area contributed by atoms with Crippen molar-refractivity contribution in [2.75, 3.05) is 39.3 Å². The van der Waals surface area contributed by atoms with Gasteiger partial charge in [0.1, 0.15) is 31.0 Å². The highest BCUT2D eigenvalue weighted by molar-refractivity contribution is 7.13. The number of thiophene rings is 2. The number of ether oxygens (including phenoxy) is 1. The number of para-hydroxylation sites is 1. The van der Waals surface area contributed by atoms with Crippen molar-refractivity contribution >= 4 is 40.8 Å². The molecule has 1 fully saturated rings. The molecule has 0 unspecified atom stereocenters. The van der Waals surface area contributed by atoms with Gasteiger partial charge in [0.25, 0.3) is 0 Å². The normalized spacial score (nSPS) is 18.5. The number of nitrogens with one attached hydrogen (secondary N) is 2. The van der Waals surface area contributed by atoms with Gasteiger partial charge in [-0.2, -0.15) is 13.2 Å². The number of piperazine rings is 1. The van der Waals surface area contributed by atoms with Crippen LogP contribution in [0.5, 0.6) is 5.75 Å². The number of amides is 2. The lowest BCUT2D eigenvalue weighted by molar-refractivity contribution is -0.143. The molecule has 0 bridgehead atoms. The van der Waals surface area contributed by atoms with Crippen LogP contribution in [0.15, 0.2) is 127 Å². The largest absolute Gasteiger partial charge is 0.490 e. The average molecular weight is 927 g/mol. The number of alkyl halides is 3. The molecule has 1 saturated heterocycles. The van der Waals surface area contributed by atoms with Crippen molar-refractivity contribution < 1.29 is 42.5 Å². The Morgan fingerprint density at radius 1 is 0.877 bits per heavy atom. The van der Waals surface area contributed by atoms with E-state index < -0.39 is 48.8 Å². The van der Waals surface area contributed by atoms with Gasteiger partial charge in [-0.3, -0.25) is 34.2 Å². The number of aliphatic hydroxyl groups excluding tert-OH is 2. The summed E-state index contributed by atoms with van der Waals surface area (Å²) in [4.78, 5) is 51.9. The van der Waals surface area contributed by atoms with Crippen LogP contribution in [0.1, 0.15) is 39.5 Å². The van der Waals surface area contributed by atoms with Crippen LogP contribution < -0.4 is 15.4 Å². The van der Waals surface area contributed by atoms with Crippen LogP contribution in [-0.2, 0) is 22.6 Å². The lowest BCUT2D eigenvalue weighted by Gasteiger charge is -2.41. The van der Waals surface area contributed by atoms with E-state index in [2.05, 4.69) is 15.3 Å². The summed E-state index contributed by atoms with van der Waals surface area (Å²) in [6, 6.07) is 26.6. The summed E-state index contributed by atoms with van der Waals surface area (Å²) in [5, 5.41) is 31.2. The third-order valence-corrected chi connectivity index (χ3v) is 12.9. The number of aliphatic hydroxyl groups is 2. The van der Waals surface area contributed by atoms with Gasteiger partial charge in [0, 0.05) is 95.4 Å². The molecule has 2 aromatic carbocycles. The Labute approximate surface area is 382 Å². The van der Waals surface area contributed by atoms with Crippen LogP contribution in [0.3, 0.4) is 0 Å². The van der Waals surface area contributed by atoms with Crippen LogP contribution in [0.2, 0.25) is 0 Å². The summed E-state index contributed by atoms with van der Waals surface area (Å²) in [5.41, 5.74) is 5.00. The molecule has 0 spiro atoms. The number of β-amino-alcohol motifs (C(OH)–C–C–N with tert-alkyl or cyclic N) is 1. The van der Waals surface area contributed by atoms with Crippen molar-refractivity contribution in [2.24, 2.45) is 5.92 Å². The maximum Gasteiger partial charge on any atom is 0.405 e. The molecule has 65 heavy (non-hydrogen) atoms. The van der Waals surface area contributed by atoms with E-state index in [0.717, 1.165) is 38.3 Å². The molecule has 5 atom stereocenters. The lowest BCUT2D eigenvalue weighted by Crippen LogP contribution is -2.60. The minimum absolute atomic E-state index is 0.00822. The van der Waals surface area contributed by atoms with E-state index in [1.807, 2.05) is 93.8 Å². The van der Waals surface area contributed by atoms with E-state index in [0.29, 0.717) is 42.9 Å². The maximum absolute atomic E-state index is 13.9. The monoisotopic (exact) mass is 926 g/mol. The summed E-state index contributed by atoms with van der Waals surface area (Å²) in [6.07, 6.45) is 1.29. The number of carbonyl (C=O) groups excluding carboxylic acids is 3. The summed E-state index contributed by atoms with van der Waals surface area (Å²) < 4.78 is 45.0. The Morgan fingerprint density at radius 2 is 1.57 bits per heavy atom. The van der Waals surface area contributed by atoms with Gasteiger partial charge < -0.3 is 25.6 Å². The summed E-state index contributed by atoms with van der Waals surface area (Å²) in [6.45, 7) is -0.121. The molecule has 0 saturated carbocycles. The molecule has 340 valence electrons. The van der Waals surface area contributed by atoms with Crippen LogP contribution in [0.25, 0.3) is 20.9 Å². The smallest absolute Gasteiger partial charge is 0.405 e. The molecule has 6 heterocycles. The number of aromatic nitrogens is 2. The molecule has 4 N–H and O–H groups in total. The van der Waals surface area contributed by atoms with Crippen molar-refractivity contribution in [3.63, 3.8) is 0 Å². The Kier molecular flexibility index (Phi) is 16.2. The molecule has 4 aromatic heterocycles. The highest BCUT2D eigenvalue weighted by Crippen LogP contribution is 2.33. The zero-order valence-electron chi connectivity index (χ0n) is 35.2. The van der Waals surface area contributed by atoms with E-state index in [1.165, 1.54) is 0 Å². The molecule has 6 aromatic rings. The molecule has 2 aliphatic heterocycles. The molecule has 0 radical (unpaired) electrons. The van der Waals surface area contributed by atoms with Crippen molar-refractivity contribution in [1.82, 2.24) is 30.4 Å². The minimum atomic E-state index is -4.58. The standard InChI is InChI=1S/C38H42F3N5O5S.C10H7NOS/c39-38(40,41)24-43-37(50)31-22-45(20-26-16-28(19-42-18-26)34-11-6-14-52-34)12-13-46(31)21-29(47)17-27(15-25-7-2-1-3-8-25)36(49)44-35-30-9-4-5-10-33(30)51-23-32(35)48;12-7-8-4-9(6-11-5-8)10-2-1-3-13-10/h1-11,14,16,18-19,27,29,31-32,35,47-48H,12-13,15,17,20-24H2,(H,43,50)(H,44,49);1-7H/t27-,29+,31+,32-,35+;/m1./s1. The summed E-state index contributed by atoms with van der Waals surface area (Å²) in [5.74, 6) is -1.31. The Bertz CT molecular complexity index is 2460. The number of halogens is 3. The fourth-order valence-corrected chi connectivity index (χ4v) is 9.37. The number of hydrogen-bond donors (Lipinski definition) is 4. The second-order valence-electron chi connectivity index (χ2n) is 15.9. The zero-order chi connectivity index (χ0) is 45.8. The van der Waals surface area contributed by atoms with Crippen molar-refractivity contribution in [3.05, 3.63) is 149 Å². The van der Waals surface area contributed by atoms with E-state index in [1.54, 1.807) is 70.6 Å². The average Bonchev–Trinajstić information content (AvgIpc) is 4.07. The first-order valence-electron chi connectivity index (χ1n) is 21.1. The number of nitrogens with zero attached hydrogens (tertiary/aromatic N) is 4. The Morgan fingerprint density at radius 3 is 2.26 bits per heavy atom. The van der Waals surface area contributed by atoms with Gasteiger partial charge in [-0.1, -0.05) is 60.7 Å². The molecule has 8 rings (SSSR count). The van der Waals surface area contributed by atoms with E-state index in [-0.39, 0.29) is 32.0 Å². The highest BCUT2D eigenvalue weighted by atomic mass is 32.1. The molecule has 2 amide bonds. The van der Waals surface area contributed by atoms with Crippen LogP contribution in [0, 0.1) is 5.92 Å². The Hall–Kier alpha value is -5.82. The maximum atomic E-state index is 13.9. The highest BCUT2D eigenvalue weighted by Gasteiger charge is 2.38. The third kappa shape index (κ3) is 13.4. The quantitative estimate of drug-likeness (QED) is 0.0807. The van der Waals surface area contributed by atoms with Crippen molar-refractivity contribution in [2.45, 2.75) is 49.9 Å². The van der Waals surface area contributed by atoms with Crippen LogP contribution in [0.4, 0.5) is 13.2 Å². The number of rotatable bonds is 15. The predicted octanol–water partition coefficient (Wildman–Crippen LogP) is 6.82. The summed E-state index contributed by atoms with van der Waals surface area (Å²) in [7, 11) is 0. The summed E-state index contributed by atoms with van der Waals surface area (Å²) >= 11 is 3.23. The second kappa shape index (κ2) is 22.4. The number of benzene rings is 2. The predicted molar refractivity (Wildman–Crippen MR) is 243 cm³/mol. The molecule has 0 aliphatic carbocycles. The van der Waals surface area contributed by atoms with Gasteiger partial charge >= 0.3 is 6.18 Å². The van der Waals surface area contributed by atoms with Gasteiger partial charge in [0.15, 0.2) is 6.29 Å². The topological polar surface area (TPSA) is 157 Å². The van der Waals surface area contributed by atoms with E-state index in [4.69, 9.17) is 4.74 Å². The second-order valence-corrected chi connectivity index (χ2v) is 17.8. The number of hydrogen-bond acceptors (Lipinski definition) is 12. The van der Waals surface area contributed by atoms with E-state index in [9.17, 15) is 37.8 Å². The van der Waals surface area contributed by atoms with Gasteiger partial charge in [-0.05, 0) is 65.1 Å². The zero-order valence-corrected chi connectivity index (χ0v) is 36.9. The van der Waals surface area contributed by atoms with Crippen molar-refractivity contribution in [1.29, 1.82) is 0 Å². The lowest BCUT2D eigenvalue weighted by atomic mass is 9.90. The first-order valence-corrected chi connectivity index (χ1v) is 22.8. The SMILES string of the molecule is O=C(N[C@H]1c2ccccc2OC[C@H]1O)[C@H](Cc1ccccc1)C[C@H](O)CN1CCN(Cc2cncc(-c3cccs3)c2)C[C@H]1C(=O)NCC(F)(F)F.O=Cc1cncc(-c2cccs2)c1. The molecule has 2 aliphatic rings. The fourth-order valence-electron chi connectivity index (χ4n) is 7.95. The van der Waals surface area contributed by atoms with Gasteiger partial charge in [0.05, 0.1) is 12.1 Å². The van der Waals surface area contributed by atoms with Gasteiger partial charge in [0.2, 0.25) is 11.8 Å². The Balaban J connectivity index is 0.000000413. The van der Waals surface area contributed by atoms with Crippen LogP contribution in [-0.4, -0.2) is 112 Å². The number of aldehydes is 1. The number of fused-ring (bicyclic) bond motifs is 1. The first-order chi connectivity index (χ1) is 31.4. The van der Waals surface area contributed by atoms with Gasteiger partial charge in [-0.15, -0.1) is 22.7 Å². The number of carbonyl (C=O) groups is 3. The van der Waals surface area contributed by atoms with Crippen LogP contribution >= 0.6 is 22.7 Å². The van der Waals surface area contributed by atoms with Crippen molar-refractivity contribution in [3.8, 4) is 26.6 Å². The minimum Gasteiger partial charge on any atom is -0.490 e. The molecule has 17 heteroatoms. The molecular weight excluding hydrogens is 878 g/mol. The van der Waals surface area contributed by atoms with Gasteiger partial charge in [-0.25, -0.2) is 0 Å². The first kappa shape index (κ1) is 47.2. The van der Waals surface area contributed by atoms with E-state index >= 15 is 0 Å².